The van der Waals surface area contributed by atoms with Crippen molar-refractivity contribution in [3.8, 4) is 11.4 Å². The molecule has 4 aromatic rings. The second kappa shape index (κ2) is 4.24. The van der Waals surface area contributed by atoms with Crippen molar-refractivity contribution in [2.75, 3.05) is 0 Å². The predicted octanol–water partition coefficient (Wildman–Crippen LogP) is 3.18. The van der Waals surface area contributed by atoms with Crippen LogP contribution in [0.2, 0.25) is 0 Å². The third kappa shape index (κ3) is 1.66. The average molecular weight is 276 g/mol. The van der Waals surface area contributed by atoms with Crippen LogP contribution in [0, 0.1) is 0 Å². The number of H-pyrrole nitrogens is 1. The van der Waals surface area contributed by atoms with Crippen LogP contribution in [0.4, 0.5) is 0 Å². The number of para-hydroxylation sites is 1. The second-order valence-electron chi connectivity index (χ2n) is 4.95. The highest BCUT2D eigenvalue weighted by atomic mass is 16.3. The minimum Gasteiger partial charge on any atom is -0.507 e. The molecule has 0 saturated heterocycles. The van der Waals surface area contributed by atoms with E-state index in [4.69, 9.17) is 0 Å². The van der Waals surface area contributed by atoms with Gasteiger partial charge in [0.05, 0.1) is 16.6 Å². The van der Waals surface area contributed by atoms with E-state index in [1.165, 1.54) is 6.07 Å². The van der Waals surface area contributed by atoms with Gasteiger partial charge in [-0.2, -0.15) is 0 Å². The van der Waals surface area contributed by atoms with E-state index in [0.717, 1.165) is 22.0 Å². The van der Waals surface area contributed by atoms with E-state index in [-0.39, 0.29) is 11.3 Å². The molecule has 0 amide bonds. The largest absolute Gasteiger partial charge is 0.507 e. The normalized spacial score (nSPS) is 11.2. The zero-order valence-corrected chi connectivity index (χ0v) is 11.1. The van der Waals surface area contributed by atoms with Crippen molar-refractivity contribution in [1.82, 2.24) is 9.78 Å². The molecule has 4 nitrogen and oxygen atoms in total. The van der Waals surface area contributed by atoms with Crippen LogP contribution in [0.3, 0.4) is 0 Å². The number of nitrogens with zero attached hydrogens (tertiary/aromatic N) is 1. The van der Waals surface area contributed by atoms with Crippen molar-refractivity contribution in [1.29, 1.82) is 0 Å². The van der Waals surface area contributed by atoms with Gasteiger partial charge in [0.25, 0.3) is 5.56 Å². The number of phenolic OH excluding ortho intramolecular Hbond substituents is 1. The molecule has 102 valence electrons. The minimum atomic E-state index is -0.213. The molecular formula is C17H12N2O2. The molecule has 0 unspecified atom stereocenters. The summed E-state index contributed by atoms with van der Waals surface area (Å²) in [5, 5.41) is 15.0. The Hall–Kier alpha value is -3.01. The third-order valence-corrected chi connectivity index (χ3v) is 3.69. The molecule has 0 radical (unpaired) electrons. The number of nitrogens with one attached hydrogen (secondary N) is 1. The highest BCUT2D eigenvalue weighted by Gasteiger charge is 2.14. The number of hydrogen-bond donors (Lipinski definition) is 2. The fraction of sp³-hybridized carbons (Fsp3) is 0. The van der Waals surface area contributed by atoms with Crippen molar-refractivity contribution in [3.05, 3.63) is 71.0 Å². The van der Waals surface area contributed by atoms with E-state index in [9.17, 15) is 9.90 Å². The van der Waals surface area contributed by atoms with Gasteiger partial charge in [-0.15, -0.1) is 0 Å². The van der Waals surface area contributed by atoms with Crippen LogP contribution in [0.25, 0.3) is 27.4 Å². The summed E-state index contributed by atoms with van der Waals surface area (Å²) >= 11 is 0. The molecular weight excluding hydrogens is 264 g/mol. The SMILES string of the molecule is O=c1[nH]n(-c2ccccc2)c2c1cc(O)c1ccccc12. The van der Waals surface area contributed by atoms with E-state index >= 15 is 0 Å². The number of phenols is 1. The number of aromatic hydroxyl groups is 1. The van der Waals surface area contributed by atoms with Crippen LogP contribution in [0.15, 0.2) is 65.5 Å². The number of aromatic amines is 1. The van der Waals surface area contributed by atoms with Gasteiger partial charge in [0.1, 0.15) is 5.75 Å². The lowest BCUT2D eigenvalue weighted by molar-refractivity contribution is 0.482. The Morgan fingerprint density at radius 3 is 2.29 bits per heavy atom. The molecule has 0 aliphatic rings. The van der Waals surface area contributed by atoms with Crippen molar-refractivity contribution < 1.29 is 5.11 Å². The van der Waals surface area contributed by atoms with Gasteiger partial charge >= 0.3 is 0 Å². The lowest BCUT2D eigenvalue weighted by Gasteiger charge is -2.07. The van der Waals surface area contributed by atoms with Gasteiger partial charge in [-0.1, -0.05) is 42.5 Å². The summed E-state index contributed by atoms with van der Waals surface area (Å²) in [6, 6.07) is 18.7. The first kappa shape index (κ1) is 11.8. The summed E-state index contributed by atoms with van der Waals surface area (Å²) in [4.78, 5) is 12.2. The Balaban J connectivity index is 2.24. The quantitative estimate of drug-likeness (QED) is 0.561. The molecule has 1 aromatic heterocycles. The fourth-order valence-corrected chi connectivity index (χ4v) is 2.74. The monoisotopic (exact) mass is 276 g/mol. The van der Waals surface area contributed by atoms with E-state index in [1.807, 2.05) is 54.6 Å². The summed E-state index contributed by atoms with van der Waals surface area (Å²) in [5.41, 5.74) is 1.44. The van der Waals surface area contributed by atoms with Crippen LogP contribution < -0.4 is 5.56 Å². The third-order valence-electron chi connectivity index (χ3n) is 3.69. The Morgan fingerprint density at radius 1 is 0.857 bits per heavy atom. The first-order valence-electron chi connectivity index (χ1n) is 6.66. The molecule has 3 aromatic carbocycles. The van der Waals surface area contributed by atoms with E-state index in [0.29, 0.717) is 5.39 Å². The maximum absolute atomic E-state index is 12.2. The minimum absolute atomic E-state index is 0.120. The molecule has 0 aliphatic heterocycles. The van der Waals surface area contributed by atoms with E-state index in [1.54, 1.807) is 4.68 Å². The number of hydrogen-bond acceptors (Lipinski definition) is 2. The number of rotatable bonds is 1. The Labute approximate surface area is 119 Å². The standard InChI is InChI=1S/C17H12N2O2/c20-15-10-14-16(13-9-5-4-8-12(13)15)19(18-17(14)21)11-6-2-1-3-7-11/h1-10,20H,(H,18,21). The smallest absolute Gasteiger partial charge is 0.272 e. The summed E-state index contributed by atoms with van der Waals surface area (Å²) < 4.78 is 1.76. The van der Waals surface area contributed by atoms with Gasteiger partial charge in [0.2, 0.25) is 0 Å². The molecule has 0 fully saturated rings. The van der Waals surface area contributed by atoms with Crippen LogP contribution in [0.1, 0.15) is 0 Å². The second-order valence-corrected chi connectivity index (χ2v) is 4.95. The number of fused-ring (bicyclic) bond motifs is 3. The molecule has 0 aliphatic carbocycles. The van der Waals surface area contributed by atoms with Crippen molar-refractivity contribution in [2.45, 2.75) is 0 Å². The molecule has 0 spiro atoms. The highest BCUT2D eigenvalue weighted by molar-refractivity contribution is 6.08. The number of benzene rings is 3. The number of aromatic nitrogens is 2. The van der Waals surface area contributed by atoms with E-state index in [2.05, 4.69) is 5.10 Å². The zero-order valence-electron chi connectivity index (χ0n) is 11.1. The van der Waals surface area contributed by atoms with Crippen LogP contribution in [-0.2, 0) is 0 Å². The van der Waals surface area contributed by atoms with Crippen LogP contribution in [0.5, 0.6) is 5.75 Å². The summed E-state index contributed by atoms with van der Waals surface area (Å²) in [7, 11) is 0. The zero-order chi connectivity index (χ0) is 14.4. The van der Waals surface area contributed by atoms with E-state index < -0.39 is 0 Å². The Bertz CT molecular complexity index is 1010. The van der Waals surface area contributed by atoms with Gasteiger partial charge in [-0.3, -0.25) is 14.6 Å². The summed E-state index contributed by atoms with van der Waals surface area (Å²) in [6.45, 7) is 0. The van der Waals surface area contributed by atoms with Crippen LogP contribution >= 0.6 is 0 Å². The fourth-order valence-electron chi connectivity index (χ4n) is 2.74. The highest BCUT2D eigenvalue weighted by Crippen LogP contribution is 2.32. The molecule has 21 heavy (non-hydrogen) atoms. The lowest BCUT2D eigenvalue weighted by Crippen LogP contribution is -2.03. The lowest BCUT2D eigenvalue weighted by atomic mass is 10.1. The molecule has 4 rings (SSSR count). The molecule has 4 heteroatoms. The van der Waals surface area contributed by atoms with Crippen molar-refractivity contribution >= 4 is 21.7 Å². The molecule has 1 heterocycles. The van der Waals surface area contributed by atoms with Gasteiger partial charge in [0, 0.05) is 10.8 Å². The first-order valence-corrected chi connectivity index (χ1v) is 6.66. The molecule has 0 atom stereocenters. The summed E-state index contributed by atoms with van der Waals surface area (Å²) in [6.07, 6.45) is 0. The molecule has 2 N–H and O–H groups in total. The maximum atomic E-state index is 12.2. The van der Waals surface area contributed by atoms with Crippen LogP contribution in [-0.4, -0.2) is 14.9 Å². The summed E-state index contributed by atoms with van der Waals surface area (Å²) in [5.74, 6) is 0.120. The van der Waals surface area contributed by atoms with Gasteiger partial charge in [-0.05, 0) is 18.2 Å². The topological polar surface area (TPSA) is 58.0 Å². The maximum Gasteiger partial charge on any atom is 0.272 e. The Morgan fingerprint density at radius 2 is 1.52 bits per heavy atom. The van der Waals surface area contributed by atoms with Crippen molar-refractivity contribution in [3.63, 3.8) is 0 Å². The Kier molecular flexibility index (Phi) is 2.38. The van der Waals surface area contributed by atoms with Crippen molar-refractivity contribution in [2.24, 2.45) is 0 Å². The molecule has 0 saturated carbocycles. The first-order chi connectivity index (χ1) is 10.3. The van der Waals surface area contributed by atoms with Gasteiger partial charge in [0.15, 0.2) is 0 Å². The van der Waals surface area contributed by atoms with Gasteiger partial charge < -0.3 is 5.11 Å². The predicted molar refractivity (Wildman–Crippen MR) is 83.1 cm³/mol. The van der Waals surface area contributed by atoms with Gasteiger partial charge in [-0.25, -0.2) is 0 Å². The average Bonchev–Trinajstić information content (AvgIpc) is 2.86. The molecule has 0 bridgehead atoms.